The summed E-state index contributed by atoms with van der Waals surface area (Å²) in [6.45, 7) is 5.87. The second kappa shape index (κ2) is 11.3. The summed E-state index contributed by atoms with van der Waals surface area (Å²) in [5, 5.41) is 7.39. The lowest BCUT2D eigenvalue weighted by molar-refractivity contribution is 0.186. The zero-order chi connectivity index (χ0) is 28.8. The number of nitrogens with zero attached hydrogens (tertiary/aromatic N) is 6. The number of hydrogen-bond donors (Lipinski definition) is 2. The van der Waals surface area contributed by atoms with Crippen molar-refractivity contribution in [2.24, 2.45) is 0 Å². The first-order valence-corrected chi connectivity index (χ1v) is 15.9. The number of nitrogens with one attached hydrogen (secondary N) is 2. The Labute approximate surface area is 248 Å². The van der Waals surface area contributed by atoms with Crippen molar-refractivity contribution in [2.45, 2.75) is 63.6 Å². The SMILES string of the molecule is CC1CN(c2ccc(Nc3ncc4cc(C5CCCCN5C)c(=O)n(Cc5scnc5C5CC5)c4n3)cc2F)CCN1. The molecule has 1 aromatic carbocycles. The van der Waals surface area contributed by atoms with Gasteiger partial charge in [0.05, 0.1) is 23.4 Å². The monoisotopic (exact) mass is 588 g/mol. The van der Waals surface area contributed by atoms with Gasteiger partial charge in [-0.2, -0.15) is 4.98 Å². The summed E-state index contributed by atoms with van der Waals surface area (Å²) in [6, 6.07) is 7.51. The standard InChI is InChI=1S/C31H37FN8OS/c1-19-16-39(12-10-33-19)26-9-8-22(14-24(26)32)36-31-34-15-21-13-23(25-5-3-4-11-38(25)2)30(41)40(29(21)37-31)17-27-28(20-6-7-20)35-18-42-27/h8-9,13-15,18-20,25,33H,3-7,10-12,16-17H2,1-2H3,(H,34,36,37). The van der Waals surface area contributed by atoms with Crippen LogP contribution in [-0.2, 0) is 6.54 Å². The van der Waals surface area contributed by atoms with Gasteiger partial charge in [-0.05, 0) is 70.5 Å². The molecule has 3 aliphatic rings. The van der Waals surface area contributed by atoms with Gasteiger partial charge < -0.3 is 15.5 Å². The van der Waals surface area contributed by atoms with Gasteiger partial charge in [0, 0.05) is 65.3 Å². The molecule has 2 saturated heterocycles. The minimum absolute atomic E-state index is 0.0123. The molecule has 2 N–H and O–H groups in total. The van der Waals surface area contributed by atoms with Crippen LogP contribution < -0.4 is 21.1 Å². The predicted molar refractivity (Wildman–Crippen MR) is 166 cm³/mol. The van der Waals surface area contributed by atoms with E-state index in [0.717, 1.165) is 79.8 Å². The highest BCUT2D eigenvalue weighted by Gasteiger charge is 2.30. The molecule has 42 heavy (non-hydrogen) atoms. The van der Waals surface area contributed by atoms with Crippen LogP contribution in [0.2, 0.25) is 0 Å². The Balaban J connectivity index is 1.24. The molecule has 4 aromatic rings. The number of piperidine rings is 1. The summed E-state index contributed by atoms with van der Waals surface area (Å²) in [5.41, 5.74) is 5.51. The second-order valence-corrected chi connectivity index (χ2v) is 12.9. The zero-order valence-corrected chi connectivity index (χ0v) is 25.0. The Morgan fingerprint density at radius 2 is 2.02 bits per heavy atom. The highest BCUT2D eigenvalue weighted by molar-refractivity contribution is 7.09. The predicted octanol–water partition coefficient (Wildman–Crippen LogP) is 5.01. The van der Waals surface area contributed by atoms with Gasteiger partial charge >= 0.3 is 0 Å². The average molecular weight is 589 g/mol. The molecule has 0 spiro atoms. The van der Waals surface area contributed by atoms with Crippen LogP contribution in [0.3, 0.4) is 0 Å². The van der Waals surface area contributed by atoms with Crippen LogP contribution in [0.5, 0.6) is 0 Å². The number of piperazine rings is 1. The molecule has 3 fully saturated rings. The maximum atomic E-state index is 15.2. The van der Waals surface area contributed by atoms with Crippen molar-refractivity contribution in [3.05, 3.63) is 68.3 Å². The van der Waals surface area contributed by atoms with E-state index in [1.54, 1.807) is 22.1 Å². The third-order valence-corrected chi connectivity index (χ3v) is 9.67. The third-order valence-electron chi connectivity index (χ3n) is 8.84. The van der Waals surface area contributed by atoms with E-state index in [1.165, 1.54) is 6.07 Å². The first kappa shape index (κ1) is 27.4. The summed E-state index contributed by atoms with van der Waals surface area (Å²) >= 11 is 1.60. The Morgan fingerprint density at radius 1 is 1.14 bits per heavy atom. The minimum atomic E-state index is -0.286. The smallest absolute Gasteiger partial charge is 0.257 e. The van der Waals surface area contributed by atoms with Crippen LogP contribution in [0.25, 0.3) is 11.0 Å². The van der Waals surface area contributed by atoms with Crippen molar-refractivity contribution < 1.29 is 4.39 Å². The molecular formula is C31H37FN8OS. The third kappa shape index (κ3) is 5.41. The molecule has 1 saturated carbocycles. The minimum Gasteiger partial charge on any atom is -0.366 e. The largest absolute Gasteiger partial charge is 0.366 e. The number of benzene rings is 1. The van der Waals surface area contributed by atoms with E-state index < -0.39 is 0 Å². The molecule has 0 radical (unpaired) electrons. The number of rotatable bonds is 7. The molecule has 2 atom stereocenters. The summed E-state index contributed by atoms with van der Waals surface area (Å²) in [7, 11) is 2.10. The number of likely N-dealkylation sites (tertiary alicyclic amines) is 1. The molecule has 3 aromatic heterocycles. The summed E-state index contributed by atoms with van der Waals surface area (Å²) in [4.78, 5) is 33.7. The van der Waals surface area contributed by atoms with Crippen LogP contribution in [0, 0.1) is 5.82 Å². The summed E-state index contributed by atoms with van der Waals surface area (Å²) < 4.78 is 17.0. The fraction of sp³-hybridized carbons (Fsp3) is 0.484. The van der Waals surface area contributed by atoms with Crippen molar-refractivity contribution in [3.8, 4) is 0 Å². The van der Waals surface area contributed by atoms with Crippen LogP contribution in [0.15, 0.2) is 40.8 Å². The molecule has 220 valence electrons. The molecule has 11 heteroatoms. The quantitative estimate of drug-likeness (QED) is 0.311. The molecule has 2 aliphatic heterocycles. The molecule has 9 nitrogen and oxygen atoms in total. The Bertz CT molecular complexity index is 1670. The topological polar surface area (TPSA) is 91.2 Å². The lowest BCUT2D eigenvalue weighted by Crippen LogP contribution is -2.49. The highest BCUT2D eigenvalue weighted by atomic mass is 32.1. The fourth-order valence-electron chi connectivity index (χ4n) is 6.45. The van der Waals surface area contributed by atoms with Gasteiger partial charge in [0.1, 0.15) is 11.5 Å². The number of thiazole rings is 1. The van der Waals surface area contributed by atoms with E-state index in [1.807, 2.05) is 23.7 Å². The Kier molecular flexibility index (Phi) is 7.41. The van der Waals surface area contributed by atoms with Gasteiger partial charge in [-0.1, -0.05) is 6.42 Å². The molecule has 1 aliphatic carbocycles. The maximum absolute atomic E-state index is 15.2. The lowest BCUT2D eigenvalue weighted by atomic mass is 9.96. The number of aromatic nitrogens is 4. The van der Waals surface area contributed by atoms with Crippen LogP contribution in [-0.4, -0.2) is 63.7 Å². The van der Waals surface area contributed by atoms with E-state index >= 15 is 4.39 Å². The number of hydrogen-bond acceptors (Lipinski definition) is 9. The van der Waals surface area contributed by atoms with Crippen molar-refractivity contribution in [1.29, 1.82) is 0 Å². The average Bonchev–Trinajstić information content (AvgIpc) is 3.72. The zero-order valence-electron chi connectivity index (χ0n) is 24.1. The van der Waals surface area contributed by atoms with Gasteiger partial charge in [0.15, 0.2) is 0 Å². The number of fused-ring (bicyclic) bond motifs is 1. The first-order chi connectivity index (χ1) is 20.4. The second-order valence-electron chi connectivity index (χ2n) is 12.0. The van der Waals surface area contributed by atoms with Gasteiger partial charge in [0.25, 0.3) is 5.56 Å². The van der Waals surface area contributed by atoms with E-state index in [-0.39, 0.29) is 17.4 Å². The van der Waals surface area contributed by atoms with Crippen molar-refractivity contribution in [1.82, 2.24) is 29.7 Å². The van der Waals surface area contributed by atoms with E-state index in [9.17, 15) is 4.79 Å². The van der Waals surface area contributed by atoms with Crippen LogP contribution in [0.4, 0.5) is 21.7 Å². The number of pyridine rings is 1. The van der Waals surface area contributed by atoms with Gasteiger partial charge in [-0.25, -0.2) is 14.4 Å². The molecule has 5 heterocycles. The van der Waals surface area contributed by atoms with E-state index in [2.05, 4.69) is 44.4 Å². The van der Waals surface area contributed by atoms with Crippen molar-refractivity contribution in [3.63, 3.8) is 0 Å². The van der Waals surface area contributed by atoms with Gasteiger partial charge in [-0.15, -0.1) is 11.3 Å². The molecule has 2 unspecified atom stereocenters. The maximum Gasteiger partial charge on any atom is 0.257 e. The van der Waals surface area contributed by atoms with E-state index in [4.69, 9.17) is 4.98 Å². The van der Waals surface area contributed by atoms with Crippen molar-refractivity contribution >= 4 is 39.7 Å². The first-order valence-electron chi connectivity index (χ1n) is 15.0. The van der Waals surface area contributed by atoms with Crippen LogP contribution in [0.1, 0.15) is 67.1 Å². The Morgan fingerprint density at radius 3 is 2.81 bits per heavy atom. The normalized spacial score (nSPS) is 21.6. The molecule has 0 amide bonds. The number of anilines is 3. The van der Waals surface area contributed by atoms with Gasteiger partial charge in [0.2, 0.25) is 5.95 Å². The Hall–Kier alpha value is -3.41. The molecule has 0 bridgehead atoms. The van der Waals surface area contributed by atoms with Crippen LogP contribution >= 0.6 is 11.3 Å². The molecular weight excluding hydrogens is 551 g/mol. The summed E-state index contributed by atoms with van der Waals surface area (Å²) in [5.74, 6) is 0.536. The highest BCUT2D eigenvalue weighted by Crippen LogP contribution is 2.42. The fourth-order valence-corrected chi connectivity index (χ4v) is 7.28. The van der Waals surface area contributed by atoms with E-state index in [0.29, 0.717) is 41.5 Å². The van der Waals surface area contributed by atoms with Crippen molar-refractivity contribution in [2.75, 3.05) is 43.4 Å². The lowest BCUT2D eigenvalue weighted by Gasteiger charge is -2.33. The van der Waals surface area contributed by atoms with Gasteiger partial charge in [-0.3, -0.25) is 14.3 Å². The number of halogens is 1. The molecule has 7 rings (SSSR count). The summed E-state index contributed by atoms with van der Waals surface area (Å²) in [6.07, 6.45) is 7.29.